The number of rotatable bonds is 4. The highest BCUT2D eigenvalue weighted by atomic mass is 19.1. The van der Waals surface area contributed by atoms with Crippen molar-refractivity contribution in [3.8, 4) is 0 Å². The minimum Gasteiger partial charge on any atom is -0.329 e. The summed E-state index contributed by atoms with van der Waals surface area (Å²) in [4.78, 5) is 2.27. The topological polar surface area (TPSA) is 29.3 Å². The van der Waals surface area contributed by atoms with Crippen LogP contribution in [0.2, 0.25) is 0 Å². The average Bonchev–Trinajstić information content (AvgIpc) is 2.42. The molecule has 0 saturated heterocycles. The Balaban J connectivity index is 2.17. The highest BCUT2D eigenvalue weighted by Gasteiger charge is 2.40. The lowest BCUT2D eigenvalue weighted by Gasteiger charge is -2.48. The molecule has 2 rings (SSSR count). The Morgan fingerprint density at radius 3 is 2.74 bits per heavy atom. The largest absolute Gasteiger partial charge is 0.329 e. The summed E-state index contributed by atoms with van der Waals surface area (Å²) in [6, 6.07) is 7.03. The minimum atomic E-state index is -0.120. The van der Waals surface area contributed by atoms with Gasteiger partial charge in [0.1, 0.15) is 5.82 Å². The van der Waals surface area contributed by atoms with Gasteiger partial charge in [-0.1, -0.05) is 38.0 Å². The molecule has 0 aliphatic heterocycles. The second-order valence-corrected chi connectivity index (χ2v) is 5.90. The van der Waals surface area contributed by atoms with E-state index in [1.165, 1.54) is 25.3 Å². The summed E-state index contributed by atoms with van der Waals surface area (Å²) < 4.78 is 13.8. The predicted molar refractivity (Wildman–Crippen MR) is 77.3 cm³/mol. The first kappa shape index (κ1) is 14.5. The minimum absolute atomic E-state index is 0.0283. The van der Waals surface area contributed by atoms with Gasteiger partial charge in [-0.25, -0.2) is 4.39 Å². The number of nitrogens with two attached hydrogens (primary N) is 1. The van der Waals surface area contributed by atoms with Gasteiger partial charge >= 0.3 is 0 Å². The fraction of sp³-hybridized carbons (Fsp3) is 0.625. The van der Waals surface area contributed by atoms with Crippen LogP contribution in [0, 0.1) is 11.7 Å². The molecule has 0 radical (unpaired) electrons. The Hall–Kier alpha value is -0.930. The Morgan fingerprint density at radius 1 is 1.37 bits per heavy atom. The number of halogens is 1. The summed E-state index contributed by atoms with van der Waals surface area (Å²) in [6.45, 7) is 3.57. The van der Waals surface area contributed by atoms with E-state index in [-0.39, 0.29) is 11.4 Å². The molecule has 2 nitrogen and oxygen atoms in total. The van der Waals surface area contributed by atoms with E-state index in [0.717, 1.165) is 12.0 Å². The second-order valence-electron chi connectivity index (χ2n) is 5.90. The molecule has 3 heteroatoms. The third kappa shape index (κ3) is 2.82. The van der Waals surface area contributed by atoms with Crippen molar-refractivity contribution in [3.05, 3.63) is 35.6 Å². The third-order valence-corrected chi connectivity index (χ3v) is 4.89. The van der Waals surface area contributed by atoms with Gasteiger partial charge < -0.3 is 5.73 Å². The molecule has 2 N–H and O–H groups in total. The number of hydrogen-bond acceptors (Lipinski definition) is 2. The van der Waals surface area contributed by atoms with E-state index < -0.39 is 0 Å². The monoisotopic (exact) mass is 264 g/mol. The maximum Gasteiger partial charge on any atom is 0.127 e. The number of nitrogens with zero attached hydrogens (tertiary/aromatic N) is 1. The van der Waals surface area contributed by atoms with Gasteiger partial charge in [-0.05, 0) is 31.9 Å². The molecule has 1 aromatic carbocycles. The van der Waals surface area contributed by atoms with Crippen LogP contribution in [0.3, 0.4) is 0 Å². The van der Waals surface area contributed by atoms with Crippen molar-refractivity contribution in [2.24, 2.45) is 11.7 Å². The first-order valence-corrected chi connectivity index (χ1v) is 7.25. The van der Waals surface area contributed by atoms with E-state index in [9.17, 15) is 4.39 Å². The van der Waals surface area contributed by atoms with Crippen molar-refractivity contribution < 1.29 is 4.39 Å². The smallest absolute Gasteiger partial charge is 0.127 e. The summed E-state index contributed by atoms with van der Waals surface area (Å²) in [5, 5.41) is 0. The molecule has 19 heavy (non-hydrogen) atoms. The molecule has 0 bridgehead atoms. The molecule has 2 atom stereocenters. The van der Waals surface area contributed by atoms with Gasteiger partial charge in [0.05, 0.1) is 0 Å². The van der Waals surface area contributed by atoms with E-state index in [2.05, 4.69) is 18.9 Å². The van der Waals surface area contributed by atoms with Crippen molar-refractivity contribution in [2.75, 3.05) is 13.6 Å². The van der Waals surface area contributed by atoms with Gasteiger partial charge in [-0.2, -0.15) is 0 Å². The Kier molecular flexibility index (Phi) is 4.58. The van der Waals surface area contributed by atoms with Crippen LogP contribution in [-0.4, -0.2) is 24.0 Å². The van der Waals surface area contributed by atoms with Crippen molar-refractivity contribution in [3.63, 3.8) is 0 Å². The quantitative estimate of drug-likeness (QED) is 0.905. The molecule has 0 aromatic heterocycles. The molecule has 1 aromatic rings. The summed E-state index contributed by atoms with van der Waals surface area (Å²) in [6.07, 6.45) is 4.86. The molecule has 0 spiro atoms. The lowest BCUT2D eigenvalue weighted by atomic mass is 9.72. The van der Waals surface area contributed by atoms with E-state index in [1.807, 2.05) is 12.1 Å². The molecule has 1 aliphatic carbocycles. The van der Waals surface area contributed by atoms with Gasteiger partial charge in [0.25, 0.3) is 0 Å². The fourth-order valence-electron chi connectivity index (χ4n) is 3.46. The van der Waals surface area contributed by atoms with Crippen LogP contribution in [0.5, 0.6) is 0 Å². The van der Waals surface area contributed by atoms with E-state index >= 15 is 0 Å². The van der Waals surface area contributed by atoms with Crippen LogP contribution in [0.25, 0.3) is 0 Å². The zero-order chi connectivity index (χ0) is 13.9. The number of likely N-dealkylation sites (N-methyl/N-ethyl adjacent to an activating group) is 1. The van der Waals surface area contributed by atoms with Crippen LogP contribution in [-0.2, 0) is 6.54 Å². The maximum atomic E-state index is 13.8. The second kappa shape index (κ2) is 6.02. The van der Waals surface area contributed by atoms with Gasteiger partial charge in [0.15, 0.2) is 0 Å². The summed E-state index contributed by atoms with van der Waals surface area (Å²) in [5.41, 5.74) is 6.87. The molecule has 1 aliphatic rings. The molecule has 0 amide bonds. The van der Waals surface area contributed by atoms with Gasteiger partial charge in [-0.3, -0.25) is 4.90 Å². The molecule has 106 valence electrons. The zero-order valence-corrected chi connectivity index (χ0v) is 12.0. The normalized spacial score (nSPS) is 27.7. The fourth-order valence-corrected chi connectivity index (χ4v) is 3.46. The standard InChI is InChI=1S/C16H25FN2/c1-13-7-5-6-10-16(13,12-18)19(2)11-14-8-3-4-9-15(14)17/h3-4,8-9,13H,5-7,10-12,18H2,1-2H3. The van der Waals surface area contributed by atoms with Gasteiger partial charge in [-0.15, -0.1) is 0 Å². The van der Waals surface area contributed by atoms with Crippen LogP contribution < -0.4 is 5.73 Å². The first-order valence-electron chi connectivity index (χ1n) is 7.25. The Labute approximate surface area is 115 Å². The van der Waals surface area contributed by atoms with Crippen molar-refractivity contribution >= 4 is 0 Å². The lowest BCUT2D eigenvalue weighted by Crippen LogP contribution is -2.57. The molecule has 2 unspecified atom stereocenters. The van der Waals surface area contributed by atoms with Crippen molar-refractivity contribution in [1.82, 2.24) is 4.90 Å². The molecule has 0 heterocycles. The molecule has 1 saturated carbocycles. The van der Waals surface area contributed by atoms with E-state index in [0.29, 0.717) is 19.0 Å². The van der Waals surface area contributed by atoms with Gasteiger partial charge in [0, 0.05) is 24.2 Å². The average molecular weight is 264 g/mol. The Morgan fingerprint density at radius 2 is 2.11 bits per heavy atom. The van der Waals surface area contributed by atoms with Crippen molar-refractivity contribution in [1.29, 1.82) is 0 Å². The summed E-state index contributed by atoms with van der Waals surface area (Å²) in [5.74, 6) is 0.452. The zero-order valence-electron chi connectivity index (χ0n) is 12.0. The van der Waals surface area contributed by atoms with E-state index in [4.69, 9.17) is 5.73 Å². The highest BCUT2D eigenvalue weighted by Crippen LogP contribution is 2.37. The number of benzene rings is 1. The SMILES string of the molecule is CC1CCCCC1(CN)N(C)Cc1ccccc1F. The van der Waals surface area contributed by atoms with Crippen LogP contribution in [0.1, 0.15) is 38.2 Å². The summed E-state index contributed by atoms with van der Waals surface area (Å²) in [7, 11) is 2.08. The third-order valence-electron chi connectivity index (χ3n) is 4.89. The predicted octanol–water partition coefficient (Wildman–Crippen LogP) is 3.17. The summed E-state index contributed by atoms with van der Waals surface area (Å²) >= 11 is 0. The van der Waals surface area contributed by atoms with Crippen molar-refractivity contribution in [2.45, 2.75) is 44.7 Å². The molecule has 1 fully saturated rings. The molecular formula is C16H25FN2. The maximum absolute atomic E-state index is 13.8. The van der Waals surface area contributed by atoms with Gasteiger partial charge in [0.2, 0.25) is 0 Å². The number of hydrogen-bond donors (Lipinski definition) is 1. The van der Waals surface area contributed by atoms with Crippen LogP contribution >= 0.6 is 0 Å². The van der Waals surface area contributed by atoms with Crippen LogP contribution in [0.4, 0.5) is 4.39 Å². The van der Waals surface area contributed by atoms with Crippen LogP contribution in [0.15, 0.2) is 24.3 Å². The highest BCUT2D eigenvalue weighted by molar-refractivity contribution is 5.17. The van der Waals surface area contributed by atoms with E-state index in [1.54, 1.807) is 6.07 Å². The lowest BCUT2D eigenvalue weighted by molar-refractivity contribution is 0.0272. The Bertz CT molecular complexity index is 421. The molecular weight excluding hydrogens is 239 g/mol. The first-order chi connectivity index (χ1) is 9.10.